The van der Waals surface area contributed by atoms with Gasteiger partial charge in [-0.15, -0.1) is 0 Å². The molecular formula is C13H16N2O3S. The Kier molecular flexibility index (Phi) is 4.84. The number of thioether (sulfide) groups is 1. The minimum absolute atomic E-state index is 0.327. The van der Waals surface area contributed by atoms with Crippen molar-refractivity contribution in [1.29, 1.82) is 0 Å². The summed E-state index contributed by atoms with van der Waals surface area (Å²) < 4.78 is 10.7. The van der Waals surface area contributed by atoms with Gasteiger partial charge in [0, 0.05) is 18.2 Å². The molecule has 0 unspecified atom stereocenters. The largest absolute Gasteiger partial charge is 0.459 e. The van der Waals surface area contributed by atoms with Gasteiger partial charge in [0.25, 0.3) is 5.91 Å². The highest BCUT2D eigenvalue weighted by Gasteiger charge is 2.19. The number of nitrogen functional groups attached to an aromatic ring is 1. The number of carbonyl (C=O) groups excluding carboxylic acids is 1. The van der Waals surface area contributed by atoms with E-state index in [0.717, 1.165) is 11.1 Å². The third-order valence-electron chi connectivity index (χ3n) is 2.69. The molecule has 2 rings (SSSR count). The molecule has 0 aliphatic heterocycles. The number of hydrogen-bond donors (Lipinski definition) is 2. The fourth-order valence-electron chi connectivity index (χ4n) is 1.83. The molecule has 0 bridgehead atoms. The van der Waals surface area contributed by atoms with Crippen molar-refractivity contribution in [2.24, 2.45) is 5.84 Å². The normalized spacial score (nSPS) is 10.8. The molecule has 0 aliphatic rings. The minimum atomic E-state index is -0.327. The van der Waals surface area contributed by atoms with Gasteiger partial charge < -0.3 is 9.15 Å². The van der Waals surface area contributed by atoms with E-state index in [0.29, 0.717) is 29.3 Å². The zero-order valence-corrected chi connectivity index (χ0v) is 11.5. The Labute approximate surface area is 115 Å². The van der Waals surface area contributed by atoms with Gasteiger partial charge in [-0.1, -0.05) is 18.2 Å². The van der Waals surface area contributed by atoms with Crippen LogP contribution in [0, 0.1) is 0 Å². The molecular weight excluding hydrogens is 264 g/mol. The summed E-state index contributed by atoms with van der Waals surface area (Å²) in [6.07, 6.45) is 0. The number of ether oxygens (including phenoxy) is 1. The van der Waals surface area contributed by atoms with Crippen LogP contribution >= 0.6 is 11.8 Å². The zero-order chi connectivity index (χ0) is 13.7. The lowest BCUT2D eigenvalue weighted by Gasteiger charge is -2.02. The number of amides is 1. The minimum Gasteiger partial charge on any atom is -0.459 e. The van der Waals surface area contributed by atoms with E-state index in [4.69, 9.17) is 15.0 Å². The number of para-hydroxylation sites is 1. The monoisotopic (exact) mass is 280 g/mol. The lowest BCUT2D eigenvalue weighted by atomic mass is 10.1. The molecule has 19 heavy (non-hydrogen) atoms. The first kappa shape index (κ1) is 13.9. The molecule has 6 heteroatoms. The van der Waals surface area contributed by atoms with Gasteiger partial charge in [0.15, 0.2) is 0 Å². The number of nitrogens with two attached hydrogens (primary N) is 1. The lowest BCUT2D eigenvalue weighted by Crippen LogP contribution is -2.30. The molecule has 0 spiro atoms. The van der Waals surface area contributed by atoms with Crippen LogP contribution < -0.4 is 11.3 Å². The summed E-state index contributed by atoms with van der Waals surface area (Å²) in [6.45, 7) is 0.670. The van der Waals surface area contributed by atoms with E-state index < -0.39 is 0 Å². The molecule has 2 aromatic rings. The van der Waals surface area contributed by atoms with E-state index in [-0.39, 0.29) is 5.91 Å². The van der Waals surface area contributed by atoms with Crippen LogP contribution in [0.3, 0.4) is 0 Å². The van der Waals surface area contributed by atoms with Crippen LogP contribution in [0.5, 0.6) is 0 Å². The Hall–Kier alpha value is -1.50. The molecule has 0 fully saturated rings. The quantitative estimate of drug-likeness (QED) is 0.366. The molecule has 0 radical (unpaired) electrons. The SMILES string of the molecule is COCCSCc1oc2ccccc2c1C(=O)NN. The second-order valence-electron chi connectivity index (χ2n) is 3.92. The summed E-state index contributed by atoms with van der Waals surface area (Å²) in [5.41, 5.74) is 3.38. The standard InChI is InChI=1S/C13H16N2O3S/c1-17-6-7-19-8-11-12(13(16)15-14)9-4-2-3-5-10(9)18-11/h2-5H,6-8,14H2,1H3,(H,15,16). The highest BCUT2D eigenvalue weighted by atomic mass is 32.2. The maximum atomic E-state index is 11.9. The van der Waals surface area contributed by atoms with Crippen molar-refractivity contribution < 1.29 is 13.9 Å². The number of nitrogens with one attached hydrogen (secondary N) is 1. The highest BCUT2D eigenvalue weighted by molar-refractivity contribution is 7.98. The van der Waals surface area contributed by atoms with Crippen LogP contribution in [-0.4, -0.2) is 25.4 Å². The topological polar surface area (TPSA) is 77.5 Å². The molecule has 1 heterocycles. The lowest BCUT2D eigenvalue weighted by molar-refractivity contribution is 0.0953. The number of benzene rings is 1. The van der Waals surface area contributed by atoms with Crippen LogP contribution in [0.4, 0.5) is 0 Å². The maximum absolute atomic E-state index is 11.9. The van der Waals surface area contributed by atoms with Crippen molar-refractivity contribution in [2.45, 2.75) is 5.75 Å². The number of hydrazine groups is 1. The summed E-state index contributed by atoms with van der Waals surface area (Å²) in [5.74, 6) is 7.01. The molecule has 0 atom stereocenters. The summed E-state index contributed by atoms with van der Waals surface area (Å²) in [7, 11) is 1.66. The Morgan fingerprint density at radius 2 is 2.26 bits per heavy atom. The van der Waals surface area contributed by atoms with Crippen molar-refractivity contribution in [3.63, 3.8) is 0 Å². The molecule has 0 saturated carbocycles. The number of fused-ring (bicyclic) bond motifs is 1. The average molecular weight is 280 g/mol. The van der Waals surface area contributed by atoms with Gasteiger partial charge in [-0.3, -0.25) is 10.2 Å². The summed E-state index contributed by atoms with van der Waals surface area (Å²) in [5, 5.41) is 0.785. The number of methoxy groups -OCH3 is 1. The van der Waals surface area contributed by atoms with Gasteiger partial charge in [0.1, 0.15) is 11.3 Å². The predicted molar refractivity (Wildman–Crippen MR) is 75.9 cm³/mol. The first-order valence-corrected chi connectivity index (χ1v) is 7.01. The molecule has 0 saturated heterocycles. The molecule has 1 aromatic carbocycles. The summed E-state index contributed by atoms with van der Waals surface area (Å²) in [6, 6.07) is 7.43. The van der Waals surface area contributed by atoms with Gasteiger partial charge in [-0.2, -0.15) is 11.8 Å². The Balaban J connectivity index is 2.28. The van der Waals surface area contributed by atoms with Gasteiger partial charge in [0.05, 0.1) is 17.9 Å². The van der Waals surface area contributed by atoms with Crippen molar-refractivity contribution in [3.05, 3.63) is 35.6 Å². The molecule has 5 nitrogen and oxygen atoms in total. The zero-order valence-electron chi connectivity index (χ0n) is 10.6. The molecule has 3 N–H and O–H groups in total. The second-order valence-corrected chi connectivity index (χ2v) is 5.02. The van der Waals surface area contributed by atoms with Crippen molar-refractivity contribution in [1.82, 2.24) is 5.43 Å². The summed E-state index contributed by atoms with van der Waals surface area (Å²) >= 11 is 1.65. The second kappa shape index (κ2) is 6.60. The van der Waals surface area contributed by atoms with Gasteiger partial charge >= 0.3 is 0 Å². The third kappa shape index (κ3) is 3.09. The van der Waals surface area contributed by atoms with E-state index in [1.807, 2.05) is 24.3 Å². The van der Waals surface area contributed by atoms with Crippen LogP contribution in [0.2, 0.25) is 0 Å². The number of furan rings is 1. The Morgan fingerprint density at radius 3 is 3.00 bits per heavy atom. The average Bonchev–Trinajstić information content (AvgIpc) is 2.81. The number of carbonyl (C=O) groups is 1. The van der Waals surface area contributed by atoms with Gasteiger partial charge in [-0.05, 0) is 6.07 Å². The van der Waals surface area contributed by atoms with Gasteiger partial charge in [-0.25, -0.2) is 5.84 Å². The fourth-order valence-corrected chi connectivity index (χ4v) is 2.64. The van der Waals surface area contributed by atoms with Crippen LogP contribution in [-0.2, 0) is 10.5 Å². The van der Waals surface area contributed by atoms with E-state index in [2.05, 4.69) is 5.43 Å². The predicted octanol–water partition coefficient (Wildman–Crippen LogP) is 1.92. The first-order chi connectivity index (χ1) is 9.27. The van der Waals surface area contributed by atoms with E-state index in [1.165, 1.54) is 0 Å². The van der Waals surface area contributed by atoms with E-state index in [9.17, 15) is 4.79 Å². The Bertz CT molecular complexity index is 568. The molecule has 1 aromatic heterocycles. The number of rotatable bonds is 6. The molecule has 1 amide bonds. The molecule has 102 valence electrons. The first-order valence-electron chi connectivity index (χ1n) is 5.86. The summed E-state index contributed by atoms with van der Waals surface area (Å²) in [4.78, 5) is 11.9. The van der Waals surface area contributed by atoms with E-state index >= 15 is 0 Å². The smallest absolute Gasteiger partial charge is 0.269 e. The van der Waals surface area contributed by atoms with Crippen LogP contribution in [0.25, 0.3) is 11.0 Å². The number of hydrogen-bond acceptors (Lipinski definition) is 5. The third-order valence-corrected chi connectivity index (χ3v) is 3.61. The van der Waals surface area contributed by atoms with Crippen molar-refractivity contribution in [2.75, 3.05) is 19.5 Å². The van der Waals surface area contributed by atoms with Crippen molar-refractivity contribution in [3.8, 4) is 0 Å². The highest BCUT2D eigenvalue weighted by Crippen LogP contribution is 2.28. The van der Waals surface area contributed by atoms with Gasteiger partial charge in [0.2, 0.25) is 0 Å². The Morgan fingerprint density at radius 1 is 1.47 bits per heavy atom. The van der Waals surface area contributed by atoms with Crippen molar-refractivity contribution >= 4 is 28.6 Å². The van der Waals surface area contributed by atoms with Crippen LogP contribution in [0.15, 0.2) is 28.7 Å². The fraction of sp³-hybridized carbons (Fsp3) is 0.308. The maximum Gasteiger partial charge on any atom is 0.269 e. The van der Waals surface area contributed by atoms with E-state index in [1.54, 1.807) is 18.9 Å². The van der Waals surface area contributed by atoms with Crippen LogP contribution in [0.1, 0.15) is 16.1 Å². The molecule has 0 aliphatic carbocycles.